The molecule has 1 spiro atoms. The van der Waals surface area contributed by atoms with Gasteiger partial charge in [0.25, 0.3) is 5.91 Å². The van der Waals surface area contributed by atoms with Crippen molar-refractivity contribution < 1.29 is 24.2 Å². The van der Waals surface area contributed by atoms with Crippen molar-refractivity contribution in [2.24, 2.45) is 5.92 Å². The maximum absolute atomic E-state index is 14.8. The Morgan fingerprint density at radius 2 is 1.88 bits per heavy atom. The molecule has 0 bridgehead atoms. The van der Waals surface area contributed by atoms with Gasteiger partial charge in [-0.25, -0.2) is 0 Å². The number of aliphatic hydroxyl groups excluding tert-OH is 1. The van der Waals surface area contributed by atoms with Crippen LogP contribution in [0.4, 0.5) is 11.4 Å². The Labute approximate surface area is 294 Å². The van der Waals surface area contributed by atoms with Crippen LogP contribution < -0.4 is 19.7 Å². The normalized spacial score (nSPS) is 23.7. The molecule has 1 unspecified atom stereocenters. The number of anilines is 2. The Morgan fingerprint density at radius 3 is 2.52 bits per heavy atom. The van der Waals surface area contributed by atoms with E-state index in [0.29, 0.717) is 38.2 Å². The molecule has 5 atom stereocenters. The molecule has 2 saturated heterocycles. The van der Waals surface area contributed by atoms with Crippen LogP contribution in [0.1, 0.15) is 42.5 Å². The standard InChI is InChI=1S/C39H45N5O5Si/c1-6-20-44-34-17-12-28(43-22-19-36(43)46)23-32(34)39(38(44)47)26(2)37(50(4,5)30-15-13-29(48-3)14-16-30)35(49-39)18-21-42-24-33(40-41-42)31(25-45)27-10-8-7-9-11-27/h6-17,23-24,26,31,35,37,45H,1,18-22,25H2,2-5H3/t26-,31?,35+,37-,39+/m1/s1. The third-order valence-electron chi connectivity index (χ3n) is 11.2. The molecule has 0 radical (unpaired) electrons. The summed E-state index contributed by atoms with van der Waals surface area (Å²) in [6, 6.07) is 24.1. The summed E-state index contributed by atoms with van der Waals surface area (Å²) in [6.45, 7) is 12.3. The summed E-state index contributed by atoms with van der Waals surface area (Å²) in [6.07, 6.45) is 4.50. The van der Waals surface area contributed by atoms with E-state index in [2.05, 4.69) is 49.0 Å². The molecule has 50 heavy (non-hydrogen) atoms. The maximum Gasteiger partial charge on any atom is 0.264 e. The van der Waals surface area contributed by atoms with Crippen LogP contribution in [-0.2, 0) is 26.5 Å². The number of rotatable bonds is 12. The zero-order valence-corrected chi connectivity index (χ0v) is 30.2. The third-order valence-corrected chi connectivity index (χ3v) is 15.6. The van der Waals surface area contributed by atoms with E-state index in [1.54, 1.807) is 23.0 Å². The van der Waals surface area contributed by atoms with Gasteiger partial charge in [0.15, 0.2) is 5.60 Å². The van der Waals surface area contributed by atoms with E-state index in [9.17, 15) is 14.7 Å². The number of hydrogen-bond donors (Lipinski definition) is 1. The highest BCUT2D eigenvalue weighted by Gasteiger charge is 2.66. The number of carbonyl (C=O) groups is 2. The lowest BCUT2D eigenvalue weighted by molar-refractivity contribution is -0.145. The second kappa shape index (κ2) is 13.3. The first-order valence-electron chi connectivity index (χ1n) is 17.4. The number of methoxy groups -OCH3 is 1. The van der Waals surface area contributed by atoms with Gasteiger partial charge in [0, 0.05) is 49.4 Å². The lowest BCUT2D eigenvalue weighted by Crippen LogP contribution is -2.52. The van der Waals surface area contributed by atoms with Crippen LogP contribution in [-0.4, -0.2) is 72.9 Å². The highest BCUT2D eigenvalue weighted by Crippen LogP contribution is 2.60. The Balaban J connectivity index is 1.27. The van der Waals surface area contributed by atoms with Gasteiger partial charge in [-0.2, -0.15) is 0 Å². The number of aromatic nitrogens is 3. The molecule has 2 amide bonds. The van der Waals surface area contributed by atoms with Gasteiger partial charge in [-0.3, -0.25) is 14.3 Å². The van der Waals surface area contributed by atoms with Gasteiger partial charge >= 0.3 is 0 Å². The molecule has 3 aliphatic rings. The number of amides is 2. The molecule has 1 aromatic heterocycles. The molecular formula is C39H45N5O5Si. The van der Waals surface area contributed by atoms with Crippen molar-refractivity contribution in [3.8, 4) is 5.75 Å². The average molecular weight is 692 g/mol. The summed E-state index contributed by atoms with van der Waals surface area (Å²) >= 11 is 0. The summed E-state index contributed by atoms with van der Waals surface area (Å²) in [5.74, 6) is 0.340. The predicted molar refractivity (Wildman–Crippen MR) is 196 cm³/mol. The van der Waals surface area contributed by atoms with E-state index in [0.717, 1.165) is 28.3 Å². The summed E-state index contributed by atoms with van der Waals surface area (Å²) in [5.41, 5.74) is 2.91. The number of fused-ring (bicyclic) bond motifs is 2. The Kier molecular flexibility index (Phi) is 9.00. The van der Waals surface area contributed by atoms with Gasteiger partial charge in [-0.05, 0) is 47.9 Å². The number of benzene rings is 3. The maximum atomic E-state index is 14.8. The number of ether oxygens (including phenoxy) is 2. The topological polar surface area (TPSA) is 110 Å². The van der Waals surface area contributed by atoms with E-state index >= 15 is 0 Å². The van der Waals surface area contributed by atoms with Crippen LogP contribution in [0, 0.1) is 5.92 Å². The average Bonchev–Trinajstić information content (AvgIpc) is 3.78. The Bertz CT molecular complexity index is 1900. The van der Waals surface area contributed by atoms with E-state index in [1.165, 1.54) is 5.19 Å². The highest BCUT2D eigenvalue weighted by atomic mass is 28.3. The fourth-order valence-electron chi connectivity index (χ4n) is 8.53. The van der Waals surface area contributed by atoms with Crippen molar-refractivity contribution in [3.05, 3.63) is 108 Å². The van der Waals surface area contributed by atoms with Crippen LogP contribution in [0.2, 0.25) is 18.6 Å². The molecule has 2 fully saturated rings. The molecular weight excluding hydrogens is 647 g/mol. The first kappa shape index (κ1) is 33.9. The smallest absolute Gasteiger partial charge is 0.264 e. The van der Waals surface area contributed by atoms with Crippen molar-refractivity contribution in [3.63, 3.8) is 0 Å². The van der Waals surface area contributed by atoms with Crippen molar-refractivity contribution in [1.82, 2.24) is 15.0 Å². The van der Waals surface area contributed by atoms with Gasteiger partial charge in [-0.15, -0.1) is 11.7 Å². The van der Waals surface area contributed by atoms with Gasteiger partial charge in [0.05, 0.1) is 45.2 Å². The number of hydrogen-bond acceptors (Lipinski definition) is 7. The Hall–Kier alpha value is -4.58. The van der Waals surface area contributed by atoms with E-state index < -0.39 is 13.7 Å². The molecule has 3 aromatic carbocycles. The number of β-lactam (4-membered cyclic amide) rings is 1. The first-order chi connectivity index (χ1) is 24.1. The second-order valence-electron chi connectivity index (χ2n) is 14.2. The summed E-state index contributed by atoms with van der Waals surface area (Å²) in [7, 11) is -0.681. The number of nitrogens with zero attached hydrogens (tertiary/aromatic N) is 5. The number of aryl methyl sites for hydroxylation is 1. The minimum atomic E-state index is -2.35. The van der Waals surface area contributed by atoms with Crippen molar-refractivity contribution >= 4 is 36.4 Å². The zero-order valence-electron chi connectivity index (χ0n) is 29.2. The molecule has 10 nitrogen and oxygen atoms in total. The monoisotopic (exact) mass is 691 g/mol. The minimum Gasteiger partial charge on any atom is -0.497 e. The number of aliphatic hydroxyl groups is 1. The molecule has 1 N–H and O–H groups in total. The fraction of sp³-hybridized carbons (Fsp3) is 0.385. The molecule has 11 heteroatoms. The molecule has 3 aliphatic heterocycles. The lowest BCUT2D eigenvalue weighted by Gasteiger charge is -2.37. The second-order valence-corrected chi connectivity index (χ2v) is 18.9. The minimum absolute atomic E-state index is 0.0446. The fourth-order valence-corrected chi connectivity index (χ4v) is 12.6. The third kappa shape index (κ3) is 5.48. The van der Waals surface area contributed by atoms with Gasteiger partial charge < -0.3 is 24.4 Å². The number of carbonyl (C=O) groups excluding carboxylic acids is 2. The molecule has 4 heterocycles. The van der Waals surface area contributed by atoms with Crippen LogP contribution in [0.3, 0.4) is 0 Å². The molecule has 7 rings (SSSR count). The molecule has 0 aliphatic carbocycles. The van der Waals surface area contributed by atoms with Crippen LogP contribution >= 0.6 is 0 Å². The van der Waals surface area contributed by atoms with E-state index in [4.69, 9.17) is 9.47 Å². The van der Waals surface area contributed by atoms with Crippen LogP contribution in [0.15, 0.2) is 91.6 Å². The largest absolute Gasteiger partial charge is 0.497 e. The van der Waals surface area contributed by atoms with Crippen molar-refractivity contribution in [2.45, 2.75) is 62.6 Å². The lowest BCUT2D eigenvalue weighted by atomic mass is 9.82. The van der Waals surface area contributed by atoms with Gasteiger partial charge in [0.2, 0.25) is 5.91 Å². The summed E-state index contributed by atoms with van der Waals surface area (Å²) in [5, 5.41) is 20.4. The zero-order chi connectivity index (χ0) is 35.2. The molecule has 260 valence electrons. The van der Waals surface area contributed by atoms with Crippen LogP contribution in [0.25, 0.3) is 0 Å². The quantitative estimate of drug-likeness (QED) is 0.127. The van der Waals surface area contributed by atoms with Crippen LogP contribution in [0.5, 0.6) is 5.75 Å². The highest BCUT2D eigenvalue weighted by molar-refractivity contribution is 6.91. The summed E-state index contributed by atoms with van der Waals surface area (Å²) in [4.78, 5) is 30.9. The van der Waals surface area contributed by atoms with Crippen molar-refractivity contribution in [2.75, 3.05) is 36.6 Å². The Morgan fingerprint density at radius 1 is 1.12 bits per heavy atom. The van der Waals surface area contributed by atoms with Gasteiger partial charge in [0.1, 0.15) is 5.75 Å². The molecule has 0 saturated carbocycles. The first-order valence-corrected chi connectivity index (χ1v) is 20.5. The van der Waals surface area contributed by atoms with Crippen molar-refractivity contribution in [1.29, 1.82) is 0 Å². The van der Waals surface area contributed by atoms with Gasteiger partial charge in [-0.1, -0.05) is 79.0 Å². The SMILES string of the molecule is C=CCN1C(=O)[C@@]2(O[C@@H](CCn3cc(C(CO)c4ccccc4)nn3)[C@H]([Si](C)(C)c3ccc(OC)cc3)[C@H]2C)c2cc(N3CCC3=O)ccc21. The van der Waals surface area contributed by atoms with E-state index in [-0.39, 0.29) is 41.9 Å². The van der Waals surface area contributed by atoms with E-state index in [1.807, 2.05) is 71.5 Å². The molecule has 4 aromatic rings. The summed E-state index contributed by atoms with van der Waals surface area (Å²) < 4.78 is 14.6. The predicted octanol–water partition coefficient (Wildman–Crippen LogP) is 4.99.